The van der Waals surface area contributed by atoms with Crippen molar-refractivity contribution in [3.8, 4) is 0 Å². The number of hydrogen-bond donors (Lipinski definition) is 1. The fourth-order valence-corrected chi connectivity index (χ4v) is 3.10. The van der Waals surface area contributed by atoms with Gasteiger partial charge >= 0.3 is 10.6 Å². The quantitative estimate of drug-likeness (QED) is 0.442. The largest absolute Gasteiger partial charge is 0.434 e. The van der Waals surface area contributed by atoms with Gasteiger partial charge in [-0.3, -0.25) is 0 Å². The van der Waals surface area contributed by atoms with Crippen molar-refractivity contribution in [3.05, 3.63) is 24.3 Å². The lowest BCUT2D eigenvalue weighted by molar-refractivity contribution is -0.113. The summed E-state index contributed by atoms with van der Waals surface area (Å²) in [7, 11) is -10.7. The Hall–Kier alpha value is -0.900. The van der Waals surface area contributed by atoms with Crippen LogP contribution in [0.4, 0.5) is 38.8 Å². The van der Waals surface area contributed by atoms with Gasteiger partial charge in [0.2, 0.25) is 9.84 Å². The van der Waals surface area contributed by atoms with E-state index in [1.54, 1.807) is 0 Å². The lowest BCUT2D eigenvalue weighted by Gasteiger charge is -2.54. The first kappa shape index (κ1) is 16.2. The molecule has 0 aromatic heterocycles. The Balaban J connectivity index is 3.74. The molecule has 1 aromatic rings. The second-order valence-electron chi connectivity index (χ2n) is 3.66. The van der Waals surface area contributed by atoms with E-state index in [2.05, 4.69) is 11.6 Å². The molecule has 0 saturated heterocycles. The zero-order valence-corrected chi connectivity index (χ0v) is 10.3. The molecule has 19 heavy (non-hydrogen) atoms. The third kappa shape index (κ3) is 2.10. The van der Waals surface area contributed by atoms with E-state index in [4.69, 9.17) is 5.73 Å². The van der Waals surface area contributed by atoms with Crippen LogP contribution >= 0.6 is 21.4 Å². The Labute approximate surface area is 106 Å². The van der Waals surface area contributed by atoms with E-state index in [1.165, 1.54) is 0 Å². The molecule has 2 N–H and O–H groups in total. The molecule has 0 saturated carbocycles. The van der Waals surface area contributed by atoms with Crippen LogP contribution in [-0.2, 0) is 0 Å². The fraction of sp³-hybridized carbons (Fsp3) is 0.250. The molecule has 0 aliphatic heterocycles. The minimum atomic E-state index is -10.7. The van der Waals surface area contributed by atoms with Crippen LogP contribution in [0.2, 0.25) is 0 Å². The van der Waals surface area contributed by atoms with Gasteiger partial charge in [0.1, 0.15) is 0 Å². The number of nitrogens with two attached hydrogens (primary N) is 1. The van der Waals surface area contributed by atoms with Gasteiger partial charge < -0.3 is 5.73 Å². The molecule has 0 bridgehead atoms. The van der Waals surface area contributed by atoms with Crippen molar-refractivity contribution in [1.82, 2.24) is 0 Å². The lowest BCUT2D eigenvalue weighted by atomic mass is 10.3. The van der Waals surface area contributed by atoms with Crippen LogP contribution in [0.25, 0.3) is 0 Å². The van der Waals surface area contributed by atoms with Crippen LogP contribution in [-0.4, -0.2) is 10.6 Å². The summed E-state index contributed by atoms with van der Waals surface area (Å²) in [5.41, 5.74) is 4.19. The summed E-state index contributed by atoms with van der Waals surface area (Å²) in [5.74, 6) is 0. The lowest BCUT2D eigenvalue weighted by Crippen LogP contribution is -2.47. The highest BCUT2D eigenvalue weighted by Gasteiger charge is 2.90. The number of anilines is 1. The zero-order valence-electron chi connectivity index (χ0n) is 8.70. The van der Waals surface area contributed by atoms with Gasteiger partial charge in [-0.15, -0.1) is 15.5 Å². The number of halogens is 9. The molecule has 112 valence electrons. The van der Waals surface area contributed by atoms with E-state index >= 15 is 0 Å². The second kappa shape index (κ2) is 3.40. The third-order valence-corrected chi connectivity index (χ3v) is 5.02. The summed E-state index contributed by atoms with van der Waals surface area (Å²) >= 11 is 3.73. The van der Waals surface area contributed by atoms with Crippen molar-refractivity contribution in [1.29, 1.82) is 0 Å². The van der Waals surface area contributed by atoms with Crippen LogP contribution in [0.5, 0.6) is 0 Å². The predicted molar refractivity (Wildman–Crippen MR) is 56.9 cm³/mol. The summed E-state index contributed by atoms with van der Waals surface area (Å²) < 4.78 is 104. The van der Waals surface area contributed by atoms with Crippen LogP contribution < -0.4 is 5.73 Å². The number of rotatable bonds is 3. The topological polar surface area (TPSA) is 26.0 Å². The van der Waals surface area contributed by atoms with Crippen LogP contribution in [0.3, 0.4) is 0 Å². The van der Waals surface area contributed by atoms with E-state index in [1.807, 2.05) is 0 Å². The first-order valence-electron chi connectivity index (χ1n) is 4.33. The molecule has 0 spiro atoms. The Kier molecular flexibility index (Phi) is 2.89. The molecular weight excluding hydrogens is 330 g/mol. The van der Waals surface area contributed by atoms with Crippen molar-refractivity contribution >= 4 is 27.1 Å². The summed E-state index contributed by atoms with van der Waals surface area (Å²) in [6.07, 6.45) is 0. The van der Waals surface area contributed by atoms with Crippen molar-refractivity contribution < 1.29 is 33.1 Å². The molecule has 0 aliphatic rings. The highest BCUT2D eigenvalue weighted by atomic mass is 35.5. The molecule has 0 atom stereocenters. The van der Waals surface area contributed by atoms with Gasteiger partial charge in [0.15, 0.2) is 0 Å². The van der Waals surface area contributed by atoms with Gasteiger partial charge in [-0.05, 0) is 29.8 Å². The molecule has 0 aliphatic carbocycles. The minimum absolute atomic E-state index is 0.117. The highest BCUT2D eigenvalue weighted by molar-refractivity contribution is 8.50. The van der Waals surface area contributed by atoms with Crippen molar-refractivity contribution in [2.75, 3.05) is 5.73 Å². The monoisotopic (exact) mass is 335 g/mol. The Bertz CT molecular complexity index is 518. The average Bonchev–Trinajstić information content (AvgIpc) is 2.14. The van der Waals surface area contributed by atoms with E-state index in [0.29, 0.717) is 6.07 Å². The molecule has 1 nitrogen and oxygen atoms in total. The molecule has 0 unspecified atom stereocenters. The van der Waals surface area contributed by atoms with Gasteiger partial charge in [0.05, 0.1) is 4.90 Å². The summed E-state index contributed by atoms with van der Waals surface area (Å²) in [6.45, 7) is 0. The molecule has 0 fully saturated rings. The first-order valence-corrected chi connectivity index (χ1v) is 6.76. The molecule has 0 radical (unpaired) electrons. The van der Waals surface area contributed by atoms with E-state index in [9.17, 15) is 33.1 Å². The maximum Gasteiger partial charge on any atom is 0.434 e. The van der Waals surface area contributed by atoms with Crippen molar-refractivity contribution in [2.45, 2.75) is 15.5 Å². The molecule has 1 aromatic carbocycles. The number of benzene rings is 1. The first-order chi connectivity index (χ1) is 8.03. The average molecular weight is 336 g/mol. The summed E-state index contributed by atoms with van der Waals surface area (Å²) in [6, 6.07) is 1.03. The maximum atomic E-state index is 13.4. The standard InChI is InChI=1S/C8H6ClF8NS/c9-7(10,11)8(12,13)19(14,15,16,17)6-3-1-2-5(18)4-6/h1-4H,18H2. The van der Waals surface area contributed by atoms with Crippen molar-refractivity contribution in [3.63, 3.8) is 0 Å². The van der Waals surface area contributed by atoms with Gasteiger partial charge in [0.25, 0.3) is 0 Å². The number of nitrogen functional groups attached to an aromatic ring is 1. The van der Waals surface area contributed by atoms with E-state index in [-0.39, 0.29) is 12.1 Å². The summed E-state index contributed by atoms with van der Waals surface area (Å²) in [4.78, 5) is -2.58. The van der Waals surface area contributed by atoms with Gasteiger partial charge in [0, 0.05) is 5.69 Å². The minimum Gasteiger partial charge on any atom is -0.399 e. The number of alkyl halides is 5. The SMILES string of the molecule is Nc1cccc(S(F)(F)(F)(F)C(F)(F)C(F)(F)Cl)c1. The Morgan fingerprint density at radius 1 is 1.00 bits per heavy atom. The Morgan fingerprint density at radius 3 is 1.84 bits per heavy atom. The normalized spacial score (nSPS) is 17.7. The summed E-state index contributed by atoms with van der Waals surface area (Å²) in [5, 5.41) is -13.2. The Morgan fingerprint density at radius 2 is 1.47 bits per heavy atom. The molecular formula is C8H6ClF8NS. The van der Waals surface area contributed by atoms with Gasteiger partial charge in [-0.1, -0.05) is 6.07 Å². The van der Waals surface area contributed by atoms with Crippen LogP contribution in [0, 0.1) is 0 Å². The zero-order chi connectivity index (χ0) is 15.4. The maximum absolute atomic E-state index is 13.4. The molecule has 1 rings (SSSR count). The smallest absolute Gasteiger partial charge is 0.399 e. The molecule has 11 heteroatoms. The third-order valence-electron chi connectivity index (χ3n) is 2.18. The highest BCUT2D eigenvalue weighted by Crippen LogP contribution is 3.08. The van der Waals surface area contributed by atoms with Crippen molar-refractivity contribution in [2.24, 2.45) is 0 Å². The van der Waals surface area contributed by atoms with E-state index in [0.717, 1.165) is 6.07 Å². The fourth-order valence-electron chi connectivity index (χ4n) is 1.15. The second-order valence-corrected chi connectivity index (χ2v) is 7.25. The van der Waals surface area contributed by atoms with Gasteiger partial charge in [-0.25, -0.2) is 0 Å². The molecule has 0 amide bonds. The predicted octanol–water partition coefficient (Wildman–Crippen LogP) is 5.47. The van der Waals surface area contributed by atoms with E-state index < -0.39 is 31.1 Å². The van der Waals surface area contributed by atoms with Gasteiger partial charge in [-0.2, -0.15) is 17.6 Å². The molecule has 0 heterocycles. The number of hydrogen-bond acceptors (Lipinski definition) is 1. The van der Waals surface area contributed by atoms with Crippen LogP contribution in [0.1, 0.15) is 0 Å². The van der Waals surface area contributed by atoms with Crippen LogP contribution in [0.15, 0.2) is 29.2 Å².